The number of aryl methyl sites for hydroxylation is 4. The third-order valence-electron chi connectivity index (χ3n) is 9.09. The van der Waals surface area contributed by atoms with Crippen LogP contribution in [0.15, 0.2) is 83.4 Å². The molecule has 2 aliphatic carbocycles. The molecule has 0 aromatic heterocycles. The molecule has 4 aromatic carbocycles. The van der Waals surface area contributed by atoms with Crippen molar-refractivity contribution in [2.75, 3.05) is 0 Å². The van der Waals surface area contributed by atoms with Crippen LogP contribution in [-0.2, 0) is 41.5 Å². The topological polar surface area (TPSA) is 0 Å². The summed E-state index contributed by atoms with van der Waals surface area (Å²) in [6.45, 7) is 31.0. The molecule has 0 amide bonds. The van der Waals surface area contributed by atoms with Crippen molar-refractivity contribution in [3.63, 3.8) is 0 Å². The first-order valence-corrected chi connectivity index (χ1v) is 18.8. The van der Waals surface area contributed by atoms with Gasteiger partial charge in [0.25, 0.3) is 0 Å². The monoisotopic (exact) mass is 784 g/mol. The van der Waals surface area contributed by atoms with Crippen LogP contribution in [-0.4, -0.2) is 4.21 Å². The Hall–Kier alpha value is -2.31. The van der Waals surface area contributed by atoms with Crippen molar-refractivity contribution in [1.82, 2.24) is 0 Å². The second-order valence-electron chi connectivity index (χ2n) is 15.2. The quantitative estimate of drug-likeness (QED) is 0.137. The van der Waals surface area contributed by atoms with Crippen molar-refractivity contribution in [3.05, 3.63) is 152 Å². The van der Waals surface area contributed by atoms with E-state index in [1.165, 1.54) is 96.6 Å². The number of halogens is 2. The number of hydrogen-bond acceptors (Lipinski definition) is 0. The van der Waals surface area contributed by atoms with Crippen LogP contribution in [0.1, 0.15) is 114 Å². The summed E-state index contributed by atoms with van der Waals surface area (Å²) in [5.41, 5.74) is 18.4. The van der Waals surface area contributed by atoms with Crippen molar-refractivity contribution in [1.29, 1.82) is 0 Å². The van der Waals surface area contributed by atoms with Gasteiger partial charge in [-0.3, -0.25) is 6.08 Å². The summed E-state index contributed by atoms with van der Waals surface area (Å²) in [6, 6.07) is 32.6. The van der Waals surface area contributed by atoms with E-state index >= 15 is 0 Å². The molecule has 4 aromatic rings. The van der Waals surface area contributed by atoms with E-state index in [1.807, 2.05) is 48.5 Å². The van der Waals surface area contributed by atoms with Gasteiger partial charge in [0, 0.05) is 0 Å². The Morgan fingerprint density at radius 2 is 1.10 bits per heavy atom. The molecule has 0 bridgehead atoms. The van der Waals surface area contributed by atoms with Gasteiger partial charge >= 0.3 is 28.4 Å². The molecule has 2 aliphatic rings. The van der Waals surface area contributed by atoms with Gasteiger partial charge in [0.05, 0.1) is 0 Å². The fourth-order valence-electron chi connectivity index (χ4n) is 6.12. The van der Waals surface area contributed by atoms with E-state index in [0.717, 1.165) is 6.42 Å². The van der Waals surface area contributed by atoms with E-state index in [4.69, 9.17) is 0 Å². The second kappa shape index (κ2) is 21.3. The van der Waals surface area contributed by atoms with E-state index in [2.05, 4.69) is 144 Å². The van der Waals surface area contributed by atoms with Crippen LogP contribution in [0.4, 0.5) is 0 Å². The SMILES string of the molecule is CC1=[C-]C(C)C(C)=C1C.Cc1[c-]c2c(cc1C(C)(C)C)-c1cc(C(C)(C)C)c(C)cc1C2.Cc1cc[c-]cc1.Cc1cc[c-]cc1.Cl.Cl.[CH2]=[Zr]. The Morgan fingerprint density at radius 1 is 0.660 bits per heavy atom. The number of benzene rings is 4. The number of rotatable bonds is 0. The second-order valence-corrected chi connectivity index (χ2v) is 15.2. The maximum absolute atomic E-state index is 3.69. The van der Waals surface area contributed by atoms with Gasteiger partial charge in [-0.2, -0.15) is 101 Å². The van der Waals surface area contributed by atoms with Crippen LogP contribution >= 0.6 is 24.8 Å². The number of fused-ring (bicyclic) bond motifs is 3. The van der Waals surface area contributed by atoms with Crippen LogP contribution in [0.2, 0.25) is 0 Å². The Labute approximate surface area is 334 Å². The number of hydrogen-bond donors (Lipinski definition) is 0. The molecule has 0 N–H and O–H groups in total. The average molecular weight is 787 g/mol. The first kappa shape index (κ1) is 47.7. The summed E-state index contributed by atoms with van der Waals surface area (Å²) in [5, 5.41) is 0. The molecule has 0 heterocycles. The van der Waals surface area contributed by atoms with E-state index in [0.29, 0.717) is 5.92 Å². The number of allylic oxidation sites excluding steroid dienone is 4. The van der Waals surface area contributed by atoms with Crippen molar-refractivity contribution in [2.45, 2.75) is 114 Å². The summed E-state index contributed by atoms with van der Waals surface area (Å²) in [6.07, 6.45) is 4.39. The van der Waals surface area contributed by atoms with Gasteiger partial charge in [0.2, 0.25) is 0 Å². The third kappa shape index (κ3) is 13.7. The van der Waals surface area contributed by atoms with Gasteiger partial charge < -0.3 is 0 Å². The van der Waals surface area contributed by atoms with Crippen LogP contribution in [0, 0.1) is 57.9 Å². The molecule has 6 rings (SSSR count). The Kier molecular flexibility index (Phi) is 20.3. The summed E-state index contributed by atoms with van der Waals surface area (Å²) in [5.74, 6) is 0.560. The molecule has 1 unspecified atom stereocenters. The van der Waals surface area contributed by atoms with Gasteiger partial charge in [-0.25, -0.2) is 5.57 Å². The maximum atomic E-state index is 3.69. The molecular weight excluding hydrogens is 727 g/mol. The van der Waals surface area contributed by atoms with Crippen LogP contribution in [0.25, 0.3) is 11.1 Å². The minimum absolute atomic E-state index is 0. The molecule has 3 heteroatoms. The van der Waals surface area contributed by atoms with Gasteiger partial charge in [-0.05, 0) is 35.4 Å². The van der Waals surface area contributed by atoms with Gasteiger partial charge in [-0.1, -0.05) is 112 Å². The molecule has 1 atom stereocenters. The van der Waals surface area contributed by atoms with Crippen LogP contribution in [0.3, 0.4) is 0 Å². The molecule has 0 saturated heterocycles. The first-order valence-electron chi connectivity index (χ1n) is 17.1. The van der Waals surface area contributed by atoms with Crippen LogP contribution < -0.4 is 0 Å². The van der Waals surface area contributed by atoms with Gasteiger partial charge in [-0.15, -0.1) is 48.4 Å². The van der Waals surface area contributed by atoms with Crippen molar-refractivity contribution in [2.24, 2.45) is 5.92 Å². The predicted octanol–water partition coefficient (Wildman–Crippen LogP) is 13.4. The standard InChI is InChI=1S/C23H29.C9H13.2C7H7.CH2.2ClH.Zr/c1-14-9-16-11-17-10-15(2)21(23(6,7)8)13-19(17)18(16)12-20(14)22(3,4)5;1-6-5-7(2)9(4)8(6)3;2*1-7-5-3-2-4-6-7;;;;/h9,12-13H,11H2,1-8H3;6H,1-4H3;2*3-6H,1H3;1H2;2*1H;/q4*-1;;;;. The van der Waals surface area contributed by atoms with Crippen molar-refractivity contribution < 1.29 is 24.2 Å². The Bertz CT molecular complexity index is 1590. The van der Waals surface area contributed by atoms with E-state index in [1.54, 1.807) is 0 Å². The Balaban J connectivity index is 0.000000731. The molecule has 0 fully saturated rings. The van der Waals surface area contributed by atoms with E-state index in [-0.39, 0.29) is 35.6 Å². The van der Waals surface area contributed by atoms with Gasteiger partial charge in [0.1, 0.15) is 0 Å². The van der Waals surface area contributed by atoms with E-state index in [9.17, 15) is 0 Å². The fourth-order valence-corrected chi connectivity index (χ4v) is 6.12. The van der Waals surface area contributed by atoms with Crippen molar-refractivity contribution in [3.8, 4) is 11.1 Å². The Morgan fingerprint density at radius 3 is 1.42 bits per heavy atom. The zero-order valence-corrected chi connectivity index (χ0v) is 37.2. The van der Waals surface area contributed by atoms with Crippen LogP contribution in [0.5, 0.6) is 0 Å². The molecule has 50 heavy (non-hydrogen) atoms. The molecular formula is C47H60Cl2Zr-4. The molecule has 0 nitrogen and oxygen atoms in total. The first-order chi connectivity index (χ1) is 22.4. The minimum atomic E-state index is 0. The molecule has 0 saturated carbocycles. The average Bonchev–Trinajstić information content (AvgIpc) is 3.47. The zero-order chi connectivity index (χ0) is 36.4. The summed E-state index contributed by atoms with van der Waals surface area (Å²) in [4.78, 5) is 0. The zero-order valence-electron chi connectivity index (χ0n) is 33.2. The summed E-state index contributed by atoms with van der Waals surface area (Å²) >= 11 is 1.30. The molecule has 0 aliphatic heterocycles. The third-order valence-corrected chi connectivity index (χ3v) is 9.09. The molecule has 0 spiro atoms. The fraction of sp³-hybridized carbons (Fsp3) is 0.383. The summed E-state index contributed by atoms with van der Waals surface area (Å²) in [7, 11) is 0. The predicted molar refractivity (Wildman–Crippen MR) is 222 cm³/mol. The molecule has 0 radical (unpaired) electrons. The summed E-state index contributed by atoms with van der Waals surface area (Å²) < 4.78 is 3.34. The van der Waals surface area contributed by atoms with Crippen molar-refractivity contribution >= 4 is 29.0 Å². The normalized spacial score (nSPS) is 13.8. The van der Waals surface area contributed by atoms with E-state index < -0.39 is 0 Å². The molecule has 270 valence electrons. The van der Waals surface area contributed by atoms with Gasteiger partial charge in [0.15, 0.2) is 0 Å².